The summed E-state index contributed by atoms with van der Waals surface area (Å²) in [4.78, 5) is 4.13. The lowest BCUT2D eigenvalue weighted by molar-refractivity contribution is 0.460. The second-order valence-electron chi connectivity index (χ2n) is 4.77. The molecule has 0 bridgehead atoms. The van der Waals surface area contributed by atoms with Crippen molar-refractivity contribution in [2.75, 3.05) is 11.9 Å². The van der Waals surface area contributed by atoms with E-state index in [1.807, 2.05) is 0 Å². The van der Waals surface area contributed by atoms with E-state index in [2.05, 4.69) is 25.8 Å². The maximum atomic E-state index is 5.88. The van der Waals surface area contributed by atoms with Gasteiger partial charge in [0.05, 0.1) is 12.4 Å². The Morgan fingerprint density at radius 3 is 3.00 bits per heavy atom. The van der Waals surface area contributed by atoms with Gasteiger partial charge in [-0.25, -0.2) is 0 Å². The highest BCUT2D eigenvalue weighted by molar-refractivity contribution is 5.44. The van der Waals surface area contributed by atoms with Crippen LogP contribution in [0.15, 0.2) is 12.4 Å². The lowest BCUT2D eigenvalue weighted by Crippen LogP contribution is -2.35. The fraction of sp³-hybridized carbons (Fsp3) is 0.636. The van der Waals surface area contributed by atoms with Crippen LogP contribution in [0, 0.1) is 5.92 Å². The van der Waals surface area contributed by atoms with Crippen molar-refractivity contribution in [2.45, 2.75) is 31.7 Å². The number of rotatable bonds is 4. The van der Waals surface area contributed by atoms with Crippen LogP contribution >= 0.6 is 0 Å². The summed E-state index contributed by atoms with van der Waals surface area (Å²) in [6, 6.07) is 0.268. The van der Waals surface area contributed by atoms with Crippen LogP contribution in [0.3, 0.4) is 0 Å². The number of tetrazole rings is 1. The van der Waals surface area contributed by atoms with E-state index in [-0.39, 0.29) is 6.04 Å². The largest absolute Gasteiger partial charge is 0.364 e. The van der Waals surface area contributed by atoms with E-state index in [4.69, 9.17) is 5.73 Å². The molecule has 3 rings (SSSR count). The van der Waals surface area contributed by atoms with E-state index in [9.17, 15) is 0 Å². The molecule has 7 nitrogen and oxygen atoms in total. The molecular weight excluding hydrogens is 230 g/mol. The molecule has 1 aliphatic rings. The van der Waals surface area contributed by atoms with Crippen molar-refractivity contribution >= 4 is 11.5 Å². The van der Waals surface area contributed by atoms with Crippen molar-refractivity contribution in [3.8, 4) is 0 Å². The second kappa shape index (κ2) is 4.85. The Labute approximate surface area is 105 Å². The van der Waals surface area contributed by atoms with Gasteiger partial charge in [-0.2, -0.15) is 4.52 Å². The monoisotopic (exact) mass is 247 g/mol. The van der Waals surface area contributed by atoms with Gasteiger partial charge in [-0.05, 0) is 29.2 Å². The van der Waals surface area contributed by atoms with Crippen LogP contribution in [0.4, 0.5) is 5.82 Å². The molecule has 18 heavy (non-hydrogen) atoms. The third-order valence-electron chi connectivity index (χ3n) is 3.66. The van der Waals surface area contributed by atoms with Gasteiger partial charge in [-0.15, -0.1) is 5.10 Å². The molecule has 7 heteroatoms. The molecule has 2 aromatic heterocycles. The van der Waals surface area contributed by atoms with Crippen LogP contribution in [0.5, 0.6) is 0 Å². The number of aromatic nitrogens is 5. The third kappa shape index (κ3) is 2.01. The van der Waals surface area contributed by atoms with Gasteiger partial charge in [0.2, 0.25) is 0 Å². The molecule has 0 aromatic carbocycles. The predicted octanol–water partition coefficient (Wildman–Crippen LogP) is 0.449. The Bertz CT molecular complexity index is 517. The fourth-order valence-corrected chi connectivity index (χ4v) is 2.69. The molecule has 2 heterocycles. The van der Waals surface area contributed by atoms with Crippen molar-refractivity contribution in [2.24, 2.45) is 11.7 Å². The molecule has 0 radical (unpaired) electrons. The first-order valence-corrected chi connectivity index (χ1v) is 6.37. The highest BCUT2D eigenvalue weighted by Gasteiger charge is 2.24. The van der Waals surface area contributed by atoms with E-state index < -0.39 is 0 Å². The third-order valence-corrected chi connectivity index (χ3v) is 3.66. The molecule has 3 N–H and O–H groups in total. The quantitative estimate of drug-likeness (QED) is 0.814. The minimum absolute atomic E-state index is 0.268. The molecule has 0 amide bonds. The Morgan fingerprint density at radius 1 is 1.39 bits per heavy atom. The highest BCUT2D eigenvalue weighted by atomic mass is 15.5. The predicted molar refractivity (Wildman–Crippen MR) is 67.0 cm³/mol. The zero-order valence-electron chi connectivity index (χ0n) is 10.2. The van der Waals surface area contributed by atoms with Crippen molar-refractivity contribution in [1.82, 2.24) is 25.0 Å². The van der Waals surface area contributed by atoms with Gasteiger partial charge in [0.15, 0.2) is 11.5 Å². The standard InChI is InChI=1S/C11H17N7/c12-5-9(8-3-1-2-4-8)14-10-6-13-7-11-15-16-17-18(10)11/h6-9,14H,1-5,12H2. The number of hydrogen-bond acceptors (Lipinski definition) is 6. The van der Waals surface area contributed by atoms with Crippen LogP contribution in [0.1, 0.15) is 25.7 Å². The summed E-state index contributed by atoms with van der Waals surface area (Å²) in [5, 5.41) is 14.9. The van der Waals surface area contributed by atoms with E-state index >= 15 is 0 Å². The molecule has 1 fully saturated rings. The number of nitrogens with zero attached hydrogens (tertiary/aromatic N) is 5. The second-order valence-corrected chi connectivity index (χ2v) is 4.77. The van der Waals surface area contributed by atoms with Crippen LogP contribution in [0.25, 0.3) is 5.65 Å². The summed E-state index contributed by atoms with van der Waals surface area (Å²) in [6.45, 7) is 0.614. The molecule has 1 aliphatic carbocycles. The van der Waals surface area contributed by atoms with Crippen LogP contribution in [-0.2, 0) is 0 Å². The Morgan fingerprint density at radius 2 is 2.22 bits per heavy atom. The molecule has 1 unspecified atom stereocenters. The van der Waals surface area contributed by atoms with Crippen molar-refractivity contribution in [3.05, 3.63) is 12.4 Å². The van der Waals surface area contributed by atoms with Crippen molar-refractivity contribution < 1.29 is 0 Å². The molecule has 0 saturated heterocycles. The molecule has 1 saturated carbocycles. The molecular formula is C11H17N7. The molecule has 0 aliphatic heterocycles. The minimum atomic E-state index is 0.268. The topological polar surface area (TPSA) is 94.0 Å². The van der Waals surface area contributed by atoms with Gasteiger partial charge < -0.3 is 11.1 Å². The first kappa shape index (κ1) is 11.3. The summed E-state index contributed by atoms with van der Waals surface area (Å²) in [5.74, 6) is 1.45. The highest BCUT2D eigenvalue weighted by Crippen LogP contribution is 2.28. The van der Waals surface area contributed by atoms with Crippen LogP contribution < -0.4 is 11.1 Å². The minimum Gasteiger partial charge on any atom is -0.364 e. The van der Waals surface area contributed by atoms with Crippen LogP contribution in [-0.4, -0.2) is 37.6 Å². The number of hydrogen-bond donors (Lipinski definition) is 2. The Kier molecular flexibility index (Phi) is 3.06. The zero-order chi connectivity index (χ0) is 12.4. The van der Waals surface area contributed by atoms with Gasteiger partial charge in [0.25, 0.3) is 0 Å². The van der Waals surface area contributed by atoms with Gasteiger partial charge in [-0.3, -0.25) is 4.98 Å². The molecule has 2 aromatic rings. The van der Waals surface area contributed by atoms with E-state index in [0.717, 1.165) is 5.82 Å². The number of fused-ring (bicyclic) bond motifs is 1. The summed E-state index contributed by atoms with van der Waals surface area (Å²) in [7, 11) is 0. The van der Waals surface area contributed by atoms with Gasteiger partial charge in [-0.1, -0.05) is 12.8 Å². The SMILES string of the molecule is NCC(Nc1cncc2nnnn12)C1CCCC1. The van der Waals surface area contributed by atoms with Crippen molar-refractivity contribution in [1.29, 1.82) is 0 Å². The van der Waals surface area contributed by atoms with E-state index in [1.165, 1.54) is 25.7 Å². The van der Waals surface area contributed by atoms with Crippen molar-refractivity contribution in [3.63, 3.8) is 0 Å². The smallest absolute Gasteiger partial charge is 0.199 e. The first-order chi connectivity index (χ1) is 8.88. The summed E-state index contributed by atoms with van der Waals surface area (Å²) in [5.41, 5.74) is 6.52. The lowest BCUT2D eigenvalue weighted by Gasteiger charge is -2.23. The average molecular weight is 247 g/mol. The number of nitrogens with two attached hydrogens (primary N) is 1. The fourth-order valence-electron chi connectivity index (χ4n) is 2.69. The summed E-state index contributed by atoms with van der Waals surface area (Å²) >= 11 is 0. The summed E-state index contributed by atoms with van der Waals surface area (Å²) < 4.78 is 1.66. The Balaban J connectivity index is 1.83. The van der Waals surface area contributed by atoms with E-state index in [0.29, 0.717) is 18.1 Å². The normalized spacial score (nSPS) is 18.3. The van der Waals surface area contributed by atoms with Gasteiger partial charge >= 0.3 is 0 Å². The van der Waals surface area contributed by atoms with Gasteiger partial charge in [0.1, 0.15) is 0 Å². The lowest BCUT2D eigenvalue weighted by atomic mass is 9.98. The first-order valence-electron chi connectivity index (χ1n) is 6.37. The maximum Gasteiger partial charge on any atom is 0.199 e. The zero-order valence-corrected chi connectivity index (χ0v) is 10.2. The maximum absolute atomic E-state index is 5.88. The van der Waals surface area contributed by atoms with E-state index in [1.54, 1.807) is 16.9 Å². The van der Waals surface area contributed by atoms with Gasteiger partial charge in [0, 0.05) is 12.6 Å². The number of anilines is 1. The summed E-state index contributed by atoms with van der Waals surface area (Å²) in [6.07, 6.45) is 8.47. The molecule has 96 valence electrons. The Hall–Kier alpha value is -1.76. The molecule has 0 spiro atoms. The molecule has 1 atom stereocenters. The number of nitrogens with one attached hydrogen (secondary N) is 1. The average Bonchev–Trinajstić information content (AvgIpc) is 3.06. The van der Waals surface area contributed by atoms with Crippen LogP contribution in [0.2, 0.25) is 0 Å².